The Morgan fingerprint density at radius 3 is 2.74 bits per heavy atom. The summed E-state index contributed by atoms with van der Waals surface area (Å²) >= 11 is 1.63. The van der Waals surface area contributed by atoms with Gasteiger partial charge in [-0.3, -0.25) is 9.69 Å². The highest BCUT2D eigenvalue weighted by Gasteiger charge is 2.13. The van der Waals surface area contributed by atoms with Crippen molar-refractivity contribution in [3.05, 3.63) is 34.1 Å². The van der Waals surface area contributed by atoms with E-state index in [4.69, 9.17) is 0 Å². The summed E-state index contributed by atoms with van der Waals surface area (Å²) in [5.41, 5.74) is 0.146. The molecule has 0 atom stereocenters. The molecule has 2 aromatic heterocycles. The lowest BCUT2D eigenvalue weighted by Gasteiger charge is -2.32. The van der Waals surface area contributed by atoms with Crippen LogP contribution in [0.1, 0.15) is 0 Å². The number of hydrogen-bond donors (Lipinski definition) is 0. The zero-order valence-electron chi connectivity index (χ0n) is 11.2. The van der Waals surface area contributed by atoms with Crippen molar-refractivity contribution in [2.45, 2.75) is 6.54 Å². The van der Waals surface area contributed by atoms with E-state index in [1.54, 1.807) is 11.3 Å². The van der Waals surface area contributed by atoms with E-state index in [1.807, 2.05) is 28.3 Å². The first kappa shape index (κ1) is 12.8. The molecule has 0 amide bonds. The molecule has 0 radical (unpaired) electrons. The molecule has 2 aromatic rings. The number of likely N-dealkylation sites (N-methyl/N-ethyl adjacent to an activating group) is 1. The van der Waals surface area contributed by atoms with E-state index in [2.05, 4.69) is 16.8 Å². The summed E-state index contributed by atoms with van der Waals surface area (Å²) in [6.07, 6.45) is 1.93. The maximum Gasteiger partial charge on any atom is 0.259 e. The highest BCUT2D eigenvalue weighted by Crippen LogP contribution is 2.16. The van der Waals surface area contributed by atoms with Crippen molar-refractivity contribution in [1.29, 1.82) is 0 Å². The Hall–Kier alpha value is -1.17. The van der Waals surface area contributed by atoms with Crippen LogP contribution >= 0.6 is 11.3 Å². The minimum Gasteiger partial charge on any atom is -0.314 e. The smallest absolute Gasteiger partial charge is 0.259 e. The summed E-state index contributed by atoms with van der Waals surface area (Å²) in [5, 5.41) is 2.84. The van der Waals surface area contributed by atoms with E-state index in [0.29, 0.717) is 0 Å². The second-order valence-electron chi connectivity index (χ2n) is 5.16. The van der Waals surface area contributed by atoms with Gasteiger partial charge in [-0.2, -0.15) is 0 Å². The van der Waals surface area contributed by atoms with Crippen molar-refractivity contribution in [2.24, 2.45) is 0 Å². The number of nitrogens with zero attached hydrogens (tertiary/aromatic N) is 3. The number of rotatable bonds is 3. The third-order valence-electron chi connectivity index (χ3n) is 3.85. The molecular weight excluding hydrogens is 258 g/mol. The van der Waals surface area contributed by atoms with E-state index in [0.717, 1.165) is 49.4 Å². The number of hydrogen-bond acceptors (Lipinski definition) is 4. The van der Waals surface area contributed by atoms with Crippen LogP contribution in [0.25, 0.3) is 10.1 Å². The molecule has 102 valence electrons. The standard InChI is InChI=1S/C14H19N3OS/c1-15-5-7-16(8-6-15)9-10-17-4-2-13-12(14(17)18)3-11-19-13/h2-4,11H,5-10H2,1H3. The molecule has 0 bridgehead atoms. The largest absolute Gasteiger partial charge is 0.314 e. The summed E-state index contributed by atoms with van der Waals surface area (Å²) in [4.78, 5) is 17.0. The molecule has 0 spiro atoms. The van der Waals surface area contributed by atoms with Crippen LogP contribution < -0.4 is 5.56 Å². The number of fused-ring (bicyclic) bond motifs is 1. The molecule has 0 aliphatic carbocycles. The second-order valence-corrected chi connectivity index (χ2v) is 6.11. The van der Waals surface area contributed by atoms with Crippen LogP contribution in [0.2, 0.25) is 0 Å². The van der Waals surface area contributed by atoms with Crippen molar-refractivity contribution < 1.29 is 0 Å². The molecule has 0 aromatic carbocycles. The fourth-order valence-electron chi connectivity index (χ4n) is 2.50. The molecule has 3 heterocycles. The van der Waals surface area contributed by atoms with Crippen molar-refractivity contribution in [2.75, 3.05) is 39.8 Å². The summed E-state index contributed by atoms with van der Waals surface area (Å²) in [7, 11) is 2.16. The van der Waals surface area contributed by atoms with Gasteiger partial charge in [-0.05, 0) is 24.6 Å². The van der Waals surface area contributed by atoms with Crippen molar-refractivity contribution in [3.63, 3.8) is 0 Å². The Kier molecular flexibility index (Phi) is 3.68. The molecule has 19 heavy (non-hydrogen) atoms. The summed E-state index contributed by atoms with van der Waals surface area (Å²) < 4.78 is 2.92. The molecular formula is C14H19N3OS. The van der Waals surface area contributed by atoms with Gasteiger partial charge < -0.3 is 9.47 Å². The van der Waals surface area contributed by atoms with E-state index >= 15 is 0 Å². The van der Waals surface area contributed by atoms with Crippen LogP contribution in [0.3, 0.4) is 0 Å². The molecule has 5 heteroatoms. The predicted octanol–water partition coefficient (Wildman–Crippen LogP) is 1.31. The normalized spacial score (nSPS) is 18.2. The molecule has 1 aliphatic heterocycles. The minimum absolute atomic E-state index is 0.146. The molecule has 0 unspecified atom stereocenters. The Bertz CT molecular complexity index is 610. The molecule has 1 aliphatic rings. The molecule has 0 saturated carbocycles. The monoisotopic (exact) mass is 277 g/mol. The number of aromatic nitrogens is 1. The zero-order valence-corrected chi connectivity index (χ0v) is 12.0. The van der Waals surface area contributed by atoms with Gasteiger partial charge in [0.2, 0.25) is 0 Å². The van der Waals surface area contributed by atoms with Crippen molar-refractivity contribution >= 4 is 21.4 Å². The summed E-state index contributed by atoms with van der Waals surface area (Å²) in [6, 6.07) is 3.97. The topological polar surface area (TPSA) is 28.5 Å². The molecule has 3 rings (SSSR count). The highest BCUT2D eigenvalue weighted by atomic mass is 32.1. The van der Waals surface area contributed by atoms with Crippen LogP contribution in [-0.2, 0) is 6.54 Å². The van der Waals surface area contributed by atoms with Gasteiger partial charge >= 0.3 is 0 Å². The Labute approximate surface area is 116 Å². The molecule has 1 fully saturated rings. The predicted molar refractivity (Wildman–Crippen MR) is 80.0 cm³/mol. The van der Waals surface area contributed by atoms with Gasteiger partial charge in [0.1, 0.15) is 0 Å². The zero-order chi connectivity index (χ0) is 13.2. The molecule has 4 nitrogen and oxygen atoms in total. The lowest BCUT2D eigenvalue weighted by molar-refractivity contribution is 0.150. The van der Waals surface area contributed by atoms with Gasteiger partial charge in [0.15, 0.2) is 0 Å². The Balaban J connectivity index is 1.68. The SMILES string of the molecule is CN1CCN(CCn2ccc3sccc3c2=O)CC1. The first-order chi connectivity index (χ1) is 9.24. The van der Waals surface area contributed by atoms with Crippen LogP contribution in [-0.4, -0.2) is 54.1 Å². The fourth-order valence-corrected chi connectivity index (χ4v) is 3.28. The second kappa shape index (κ2) is 5.45. The van der Waals surface area contributed by atoms with Gasteiger partial charge in [0.25, 0.3) is 5.56 Å². The fraction of sp³-hybridized carbons (Fsp3) is 0.500. The summed E-state index contributed by atoms with van der Waals surface area (Å²) in [6.45, 7) is 6.20. The summed E-state index contributed by atoms with van der Waals surface area (Å²) in [5.74, 6) is 0. The van der Waals surface area contributed by atoms with Gasteiger partial charge in [-0.15, -0.1) is 11.3 Å². The number of piperazine rings is 1. The van der Waals surface area contributed by atoms with Gasteiger partial charge in [-0.25, -0.2) is 0 Å². The maximum absolute atomic E-state index is 12.3. The van der Waals surface area contributed by atoms with Crippen LogP contribution in [0.5, 0.6) is 0 Å². The van der Waals surface area contributed by atoms with E-state index in [1.165, 1.54) is 0 Å². The minimum atomic E-state index is 0.146. The molecule has 0 N–H and O–H groups in total. The van der Waals surface area contributed by atoms with Gasteiger partial charge in [0.05, 0.1) is 5.39 Å². The lowest BCUT2D eigenvalue weighted by Crippen LogP contribution is -2.45. The average molecular weight is 277 g/mol. The third-order valence-corrected chi connectivity index (χ3v) is 4.73. The van der Waals surface area contributed by atoms with E-state index in [9.17, 15) is 4.79 Å². The highest BCUT2D eigenvalue weighted by molar-refractivity contribution is 7.17. The van der Waals surface area contributed by atoms with Crippen LogP contribution in [0.4, 0.5) is 0 Å². The van der Waals surface area contributed by atoms with E-state index in [-0.39, 0.29) is 5.56 Å². The van der Waals surface area contributed by atoms with E-state index < -0.39 is 0 Å². The number of thiophene rings is 1. The quantitative estimate of drug-likeness (QED) is 0.847. The Morgan fingerprint density at radius 2 is 1.95 bits per heavy atom. The first-order valence-electron chi connectivity index (χ1n) is 6.71. The average Bonchev–Trinajstić information content (AvgIpc) is 2.89. The first-order valence-corrected chi connectivity index (χ1v) is 7.59. The third kappa shape index (κ3) is 2.73. The van der Waals surface area contributed by atoms with Crippen molar-refractivity contribution in [3.8, 4) is 0 Å². The van der Waals surface area contributed by atoms with Gasteiger partial charge in [0, 0.05) is 50.2 Å². The lowest BCUT2D eigenvalue weighted by atomic mass is 10.3. The maximum atomic E-state index is 12.3. The van der Waals surface area contributed by atoms with Crippen LogP contribution in [0.15, 0.2) is 28.5 Å². The van der Waals surface area contributed by atoms with Gasteiger partial charge in [-0.1, -0.05) is 0 Å². The van der Waals surface area contributed by atoms with Crippen molar-refractivity contribution in [1.82, 2.24) is 14.4 Å². The molecule has 1 saturated heterocycles. The number of pyridine rings is 1. The van der Waals surface area contributed by atoms with Crippen LogP contribution in [0, 0.1) is 0 Å². The Morgan fingerprint density at radius 1 is 1.16 bits per heavy atom.